The van der Waals surface area contributed by atoms with E-state index in [0.29, 0.717) is 17.7 Å². The van der Waals surface area contributed by atoms with Gasteiger partial charge in [0.2, 0.25) is 0 Å². The average Bonchev–Trinajstić information content (AvgIpc) is 2.43. The molecule has 3 heteroatoms. The fraction of sp³-hybridized carbons (Fsp3) is 0.312. The van der Waals surface area contributed by atoms with E-state index in [9.17, 15) is 4.79 Å². The molecule has 0 aliphatic heterocycles. The molecule has 1 atom stereocenters. The Bertz CT molecular complexity index is 668. The monoisotopic (exact) mass is 256 g/mol. The zero-order valence-corrected chi connectivity index (χ0v) is 11.3. The number of hydrogen-bond donors (Lipinski definition) is 0. The molecule has 1 unspecified atom stereocenters. The normalized spacial score (nSPS) is 17.6. The van der Waals surface area contributed by atoms with Crippen molar-refractivity contribution in [3.05, 3.63) is 35.4 Å². The molecule has 0 fully saturated rings. The van der Waals surface area contributed by atoms with Gasteiger partial charge in [-0.3, -0.25) is 4.79 Å². The maximum Gasteiger partial charge on any atom is 0.167 e. The fourth-order valence-corrected chi connectivity index (χ4v) is 3.00. The predicted molar refractivity (Wildman–Crippen MR) is 74.4 cm³/mol. The van der Waals surface area contributed by atoms with Crippen molar-refractivity contribution >= 4 is 16.6 Å². The molecular weight excluding hydrogens is 240 g/mol. The molecule has 0 N–H and O–H groups in total. The van der Waals surface area contributed by atoms with Crippen molar-refractivity contribution in [2.24, 2.45) is 0 Å². The van der Waals surface area contributed by atoms with Crippen molar-refractivity contribution in [3.8, 4) is 11.5 Å². The van der Waals surface area contributed by atoms with Gasteiger partial charge in [-0.2, -0.15) is 0 Å². The lowest BCUT2D eigenvalue weighted by Gasteiger charge is -2.25. The predicted octanol–water partition coefficient (Wildman–Crippen LogP) is 3.55. The summed E-state index contributed by atoms with van der Waals surface area (Å²) in [6, 6.07) is 7.82. The van der Waals surface area contributed by atoms with E-state index < -0.39 is 0 Å². The molecule has 19 heavy (non-hydrogen) atoms. The van der Waals surface area contributed by atoms with Gasteiger partial charge >= 0.3 is 0 Å². The maximum atomic E-state index is 12.3. The number of carbonyl (C=O) groups is 1. The number of carbonyl (C=O) groups excluding carboxylic acids is 1. The van der Waals surface area contributed by atoms with E-state index in [1.807, 2.05) is 24.3 Å². The molecule has 0 heterocycles. The average molecular weight is 256 g/mol. The molecule has 3 rings (SSSR count). The number of methoxy groups -OCH3 is 2. The largest absolute Gasteiger partial charge is 0.496 e. The van der Waals surface area contributed by atoms with Crippen LogP contribution in [0.25, 0.3) is 10.8 Å². The lowest BCUT2D eigenvalue weighted by Crippen LogP contribution is -2.15. The van der Waals surface area contributed by atoms with Crippen LogP contribution >= 0.6 is 0 Å². The fourth-order valence-electron chi connectivity index (χ4n) is 3.00. The minimum Gasteiger partial charge on any atom is -0.496 e. The molecule has 0 spiro atoms. The van der Waals surface area contributed by atoms with E-state index in [2.05, 4.69) is 6.92 Å². The summed E-state index contributed by atoms with van der Waals surface area (Å²) in [7, 11) is 3.27. The number of rotatable bonds is 2. The zero-order chi connectivity index (χ0) is 13.6. The first-order chi connectivity index (χ1) is 9.17. The Morgan fingerprint density at radius 3 is 2.32 bits per heavy atom. The third-order valence-electron chi connectivity index (χ3n) is 3.85. The van der Waals surface area contributed by atoms with E-state index in [-0.39, 0.29) is 11.7 Å². The first kappa shape index (κ1) is 12.0. The molecule has 0 bridgehead atoms. The Morgan fingerprint density at radius 2 is 1.68 bits per heavy atom. The summed E-state index contributed by atoms with van der Waals surface area (Å²) in [4.78, 5) is 12.3. The van der Waals surface area contributed by atoms with Gasteiger partial charge in [0.25, 0.3) is 0 Å². The number of Topliss-reactive ketones (excluding diaryl/α,β-unsaturated/α-hetero) is 1. The Kier molecular flexibility index (Phi) is 2.70. The van der Waals surface area contributed by atoms with Gasteiger partial charge in [0.1, 0.15) is 11.5 Å². The van der Waals surface area contributed by atoms with Crippen molar-refractivity contribution in [1.82, 2.24) is 0 Å². The van der Waals surface area contributed by atoms with Gasteiger partial charge in [-0.15, -0.1) is 0 Å². The minimum absolute atomic E-state index is 0.149. The molecule has 0 amide bonds. The molecule has 0 aromatic heterocycles. The molecule has 0 radical (unpaired) electrons. The quantitative estimate of drug-likeness (QED) is 0.824. The standard InChI is InChI=1S/C16H16O3/c1-9-8-11(17)16-13(19-3)7-5-10-4-6-12(18-2)14(9)15(10)16/h4-7,9H,8H2,1-3H3. The number of ketones is 1. The second-order valence-corrected chi connectivity index (χ2v) is 4.95. The summed E-state index contributed by atoms with van der Waals surface area (Å²) >= 11 is 0. The summed E-state index contributed by atoms with van der Waals surface area (Å²) < 4.78 is 10.8. The molecule has 1 aliphatic carbocycles. The van der Waals surface area contributed by atoms with Crippen molar-refractivity contribution < 1.29 is 14.3 Å². The van der Waals surface area contributed by atoms with Crippen molar-refractivity contribution in [3.63, 3.8) is 0 Å². The molecule has 2 aromatic rings. The first-order valence-corrected chi connectivity index (χ1v) is 6.38. The van der Waals surface area contributed by atoms with Crippen LogP contribution in [-0.2, 0) is 0 Å². The summed E-state index contributed by atoms with van der Waals surface area (Å²) in [6.07, 6.45) is 0.503. The zero-order valence-electron chi connectivity index (χ0n) is 11.3. The Morgan fingerprint density at radius 1 is 1.05 bits per heavy atom. The molecule has 98 valence electrons. The van der Waals surface area contributed by atoms with E-state index in [1.165, 1.54) is 0 Å². The smallest absolute Gasteiger partial charge is 0.167 e. The van der Waals surface area contributed by atoms with Crippen LogP contribution in [0.3, 0.4) is 0 Å². The molecular formula is C16H16O3. The highest BCUT2D eigenvalue weighted by molar-refractivity contribution is 6.14. The van der Waals surface area contributed by atoms with Crippen LogP contribution in [0.15, 0.2) is 24.3 Å². The second-order valence-electron chi connectivity index (χ2n) is 4.95. The van der Waals surface area contributed by atoms with Gasteiger partial charge in [0.15, 0.2) is 5.78 Å². The number of hydrogen-bond acceptors (Lipinski definition) is 3. The Hall–Kier alpha value is -2.03. The van der Waals surface area contributed by atoms with Gasteiger partial charge in [-0.05, 0) is 23.4 Å². The Labute approximate surface area is 112 Å². The third-order valence-corrected chi connectivity index (χ3v) is 3.85. The van der Waals surface area contributed by atoms with Gasteiger partial charge in [0, 0.05) is 17.4 Å². The van der Waals surface area contributed by atoms with Crippen LogP contribution in [-0.4, -0.2) is 20.0 Å². The topological polar surface area (TPSA) is 35.5 Å². The minimum atomic E-state index is 0.149. The number of ether oxygens (including phenoxy) is 2. The summed E-state index contributed by atoms with van der Waals surface area (Å²) in [5, 5.41) is 2.05. The summed E-state index contributed by atoms with van der Waals surface area (Å²) in [5.74, 6) is 1.82. The van der Waals surface area contributed by atoms with Crippen molar-refractivity contribution in [1.29, 1.82) is 0 Å². The van der Waals surface area contributed by atoms with E-state index >= 15 is 0 Å². The lowest BCUT2D eigenvalue weighted by molar-refractivity contribution is 0.0971. The molecule has 1 aliphatic rings. The highest BCUT2D eigenvalue weighted by Crippen LogP contribution is 2.44. The van der Waals surface area contributed by atoms with Crippen molar-refractivity contribution in [2.45, 2.75) is 19.3 Å². The van der Waals surface area contributed by atoms with Crippen LogP contribution in [0.1, 0.15) is 35.2 Å². The second kappa shape index (κ2) is 4.26. The third kappa shape index (κ3) is 1.61. The van der Waals surface area contributed by atoms with Crippen LogP contribution in [0.2, 0.25) is 0 Å². The highest BCUT2D eigenvalue weighted by atomic mass is 16.5. The van der Waals surface area contributed by atoms with E-state index in [1.54, 1.807) is 14.2 Å². The Balaban J connectivity index is 2.49. The lowest BCUT2D eigenvalue weighted by atomic mass is 9.80. The number of benzene rings is 2. The van der Waals surface area contributed by atoms with Crippen LogP contribution in [0.5, 0.6) is 11.5 Å². The molecule has 0 saturated heterocycles. The van der Waals surface area contributed by atoms with Gasteiger partial charge < -0.3 is 9.47 Å². The van der Waals surface area contributed by atoms with Crippen LogP contribution in [0, 0.1) is 0 Å². The van der Waals surface area contributed by atoms with Crippen LogP contribution in [0.4, 0.5) is 0 Å². The highest BCUT2D eigenvalue weighted by Gasteiger charge is 2.29. The molecule has 3 nitrogen and oxygen atoms in total. The SMILES string of the molecule is COc1ccc2ccc(OC)c3c2c1C(=O)CC3C. The maximum absolute atomic E-state index is 12.3. The first-order valence-electron chi connectivity index (χ1n) is 6.38. The van der Waals surface area contributed by atoms with Crippen LogP contribution < -0.4 is 9.47 Å². The van der Waals surface area contributed by atoms with Gasteiger partial charge in [-0.1, -0.05) is 19.1 Å². The summed E-state index contributed by atoms with van der Waals surface area (Å²) in [6.45, 7) is 2.07. The van der Waals surface area contributed by atoms with E-state index in [0.717, 1.165) is 22.1 Å². The molecule has 2 aromatic carbocycles. The van der Waals surface area contributed by atoms with Gasteiger partial charge in [-0.25, -0.2) is 0 Å². The molecule has 0 saturated carbocycles. The summed E-state index contributed by atoms with van der Waals surface area (Å²) in [5.41, 5.74) is 1.82. The van der Waals surface area contributed by atoms with Gasteiger partial charge in [0.05, 0.1) is 19.8 Å². The van der Waals surface area contributed by atoms with E-state index in [4.69, 9.17) is 9.47 Å². The van der Waals surface area contributed by atoms with Crippen molar-refractivity contribution in [2.75, 3.05) is 14.2 Å².